The molecule has 1 aromatic heterocycles. The van der Waals surface area contributed by atoms with E-state index >= 15 is 0 Å². The minimum atomic E-state index is -0.496. The molecule has 124 valence electrons. The van der Waals surface area contributed by atoms with Gasteiger partial charge in [0.15, 0.2) is 0 Å². The molecule has 0 amide bonds. The van der Waals surface area contributed by atoms with Crippen molar-refractivity contribution in [1.29, 1.82) is 0 Å². The van der Waals surface area contributed by atoms with E-state index < -0.39 is 5.97 Å². The number of aromatic hydroxyl groups is 1. The maximum Gasteiger partial charge on any atom is 0.342 e. The Hall–Kier alpha value is -2.47. The van der Waals surface area contributed by atoms with Crippen LogP contribution in [0.3, 0.4) is 0 Å². The molecule has 0 unspecified atom stereocenters. The zero-order chi connectivity index (χ0) is 17.3. The van der Waals surface area contributed by atoms with Gasteiger partial charge in [-0.05, 0) is 59.3 Å². The molecule has 0 fully saturated rings. The van der Waals surface area contributed by atoms with E-state index in [9.17, 15) is 9.90 Å². The second-order valence-corrected chi connectivity index (χ2v) is 5.91. The summed E-state index contributed by atoms with van der Waals surface area (Å²) >= 11 is 3.43. The van der Waals surface area contributed by atoms with Gasteiger partial charge in [-0.2, -0.15) is 0 Å². The molecule has 0 radical (unpaired) electrons. The number of phenolic OH excluding ortho intramolecular Hbond substituents is 1. The molecule has 0 saturated heterocycles. The van der Waals surface area contributed by atoms with Crippen LogP contribution in [0.1, 0.15) is 17.3 Å². The molecule has 0 saturated carbocycles. The zero-order valence-corrected chi connectivity index (χ0v) is 14.7. The number of ether oxygens (including phenoxy) is 2. The molecule has 0 bridgehead atoms. The lowest BCUT2D eigenvalue weighted by Crippen LogP contribution is -2.05. The number of furan rings is 1. The van der Waals surface area contributed by atoms with Crippen LogP contribution in [0.4, 0.5) is 0 Å². The van der Waals surface area contributed by atoms with Crippen LogP contribution in [0.2, 0.25) is 0 Å². The molecule has 3 aromatic rings. The van der Waals surface area contributed by atoms with Gasteiger partial charge in [-0.3, -0.25) is 0 Å². The Morgan fingerprint density at radius 3 is 2.71 bits per heavy atom. The average molecular weight is 391 g/mol. The lowest BCUT2D eigenvalue weighted by molar-refractivity contribution is 0.0529. The number of halogens is 1. The van der Waals surface area contributed by atoms with E-state index in [0.29, 0.717) is 33.6 Å². The normalized spacial score (nSPS) is 10.8. The maximum atomic E-state index is 12.4. The van der Waals surface area contributed by atoms with E-state index in [1.54, 1.807) is 38.3 Å². The van der Waals surface area contributed by atoms with Crippen molar-refractivity contribution in [3.8, 4) is 22.8 Å². The minimum absolute atomic E-state index is 0.0521. The minimum Gasteiger partial charge on any atom is -0.508 e. The van der Waals surface area contributed by atoms with Gasteiger partial charge in [-0.1, -0.05) is 0 Å². The molecule has 1 N–H and O–H groups in total. The molecule has 2 aromatic carbocycles. The second-order valence-electron chi connectivity index (χ2n) is 5.06. The fourth-order valence-electron chi connectivity index (χ4n) is 2.50. The summed E-state index contributed by atoms with van der Waals surface area (Å²) < 4.78 is 17.0. The van der Waals surface area contributed by atoms with Crippen molar-refractivity contribution < 1.29 is 23.8 Å². The van der Waals surface area contributed by atoms with E-state index in [0.717, 1.165) is 4.47 Å². The average Bonchev–Trinajstić information content (AvgIpc) is 2.93. The number of carbonyl (C=O) groups is 1. The summed E-state index contributed by atoms with van der Waals surface area (Å²) in [6.07, 6.45) is 0. The fraction of sp³-hybridized carbons (Fsp3) is 0.167. The Kier molecular flexibility index (Phi) is 4.49. The number of hydrogen-bond acceptors (Lipinski definition) is 5. The number of fused-ring (bicyclic) bond motifs is 1. The topological polar surface area (TPSA) is 68.9 Å². The summed E-state index contributed by atoms with van der Waals surface area (Å²) in [7, 11) is 1.58. The van der Waals surface area contributed by atoms with Gasteiger partial charge < -0.3 is 19.0 Å². The van der Waals surface area contributed by atoms with Crippen LogP contribution in [0.5, 0.6) is 11.5 Å². The molecular weight excluding hydrogens is 376 g/mol. The molecule has 1 heterocycles. The highest BCUT2D eigenvalue weighted by atomic mass is 79.9. The smallest absolute Gasteiger partial charge is 0.342 e. The number of benzene rings is 2. The molecule has 0 atom stereocenters. The van der Waals surface area contributed by atoms with Gasteiger partial charge >= 0.3 is 5.97 Å². The highest BCUT2D eigenvalue weighted by molar-refractivity contribution is 9.10. The largest absolute Gasteiger partial charge is 0.508 e. The molecule has 3 rings (SSSR count). The maximum absolute atomic E-state index is 12.4. The van der Waals surface area contributed by atoms with Gasteiger partial charge in [-0.15, -0.1) is 0 Å². The van der Waals surface area contributed by atoms with Crippen molar-refractivity contribution in [2.75, 3.05) is 13.7 Å². The summed E-state index contributed by atoms with van der Waals surface area (Å²) in [6, 6.07) is 10.00. The van der Waals surface area contributed by atoms with Crippen LogP contribution < -0.4 is 4.74 Å². The van der Waals surface area contributed by atoms with Crippen LogP contribution in [0.25, 0.3) is 22.3 Å². The van der Waals surface area contributed by atoms with Crippen molar-refractivity contribution in [3.05, 3.63) is 46.4 Å². The van der Waals surface area contributed by atoms with Crippen LogP contribution in [-0.2, 0) is 4.74 Å². The molecule has 6 heteroatoms. The number of methoxy groups -OCH3 is 1. The van der Waals surface area contributed by atoms with Gasteiger partial charge in [-0.25, -0.2) is 4.79 Å². The number of phenols is 1. The Labute approximate surface area is 146 Å². The first-order valence-electron chi connectivity index (χ1n) is 7.31. The lowest BCUT2D eigenvalue weighted by Gasteiger charge is -2.06. The van der Waals surface area contributed by atoms with Crippen molar-refractivity contribution in [1.82, 2.24) is 0 Å². The Morgan fingerprint density at radius 1 is 1.25 bits per heavy atom. The molecular formula is C18H15BrO5. The summed E-state index contributed by atoms with van der Waals surface area (Å²) in [4.78, 5) is 12.4. The van der Waals surface area contributed by atoms with Gasteiger partial charge in [0, 0.05) is 10.9 Å². The first-order valence-corrected chi connectivity index (χ1v) is 8.11. The first kappa shape index (κ1) is 16.4. The van der Waals surface area contributed by atoms with Crippen LogP contribution in [0, 0.1) is 0 Å². The fourth-order valence-corrected chi connectivity index (χ4v) is 3.04. The molecule has 5 nitrogen and oxygen atoms in total. The quantitative estimate of drug-likeness (QED) is 0.650. The third kappa shape index (κ3) is 2.85. The summed E-state index contributed by atoms with van der Waals surface area (Å²) in [5.41, 5.74) is 1.49. The third-order valence-corrected chi connectivity index (χ3v) is 4.18. The van der Waals surface area contributed by atoms with Crippen molar-refractivity contribution in [2.24, 2.45) is 0 Å². The molecule has 0 aliphatic carbocycles. The van der Waals surface area contributed by atoms with E-state index in [1.807, 2.05) is 0 Å². The van der Waals surface area contributed by atoms with Crippen molar-refractivity contribution in [2.45, 2.75) is 6.92 Å². The van der Waals surface area contributed by atoms with Crippen molar-refractivity contribution >= 4 is 32.9 Å². The molecule has 0 spiro atoms. The first-order chi connectivity index (χ1) is 11.5. The predicted molar refractivity (Wildman–Crippen MR) is 93.5 cm³/mol. The Balaban J connectivity index is 2.25. The van der Waals surface area contributed by atoms with Crippen molar-refractivity contribution in [3.63, 3.8) is 0 Å². The summed E-state index contributed by atoms with van der Waals surface area (Å²) in [5, 5.41) is 10.3. The van der Waals surface area contributed by atoms with Gasteiger partial charge in [0.25, 0.3) is 0 Å². The van der Waals surface area contributed by atoms with Crippen LogP contribution >= 0.6 is 15.9 Å². The number of esters is 1. The Morgan fingerprint density at radius 2 is 2.04 bits per heavy atom. The summed E-state index contributed by atoms with van der Waals surface area (Å²) in [5.74, 6) is 0.614. The van der Waals surface area contributed by atoms with E-state index in [4.69, 9.17) is 13.9 Å². The highest BCUT2D eigenvalue weighted by Crippen LogP contribution is 2.38. The summed E-state index contributed by atoms with van der Waals surface area (Å²) in [6.45, 7) is 1.98. The SMILES string of the molecule is CCOC(=O)c1c(-c2ccc(OC)c(Br)c2)oc2ccc(O)cc12. The van der Waals surface area contributed by atoms with Crippen LogP contribution in [0.15, 0.2) is 45.3 Å². The van der Waals surface area contributed by atoms with Gasteiger partial charge in [0.1, 0.15) is 28.4 Å². The Bertz CT molecular complexity index is 913. The third-order valence-electron chi connectivity index (χ3n) is 3.57. The van der Waals surface area contributed by atoms with Gasteiger partial charge in [0.05, 0.1) is 18.2 Å². The number of hydrogen-bond donors (Lipinski definition) is 1. The van der Waals surface area contributed by atoms with E-state index in [2.05, 4.69) is 15.9 Å². The second kappa shape index (κ2) is 6.57. The molecule has 0 aliphatic rings. The zero-order valence-electron chi connectivity index (χ0n) is 13.1. The van der Waals surface area contributed by atoms with E-state index in [1.165, 1.54) is 12.1 Å². The standard InChI is InChI=1S/C18H15BrO5/c1-3-23-18(21)16-12-9-11(20)5-7-14(12)24-17(16)10-4-6-15(22-2)13(19)8-10/h4-9,20H,3H2,1-2H3. The highest BCUT2D eigenvalue weighted by Gasteiger charge is 2.24. The molecule has 24 heavy (non-hydrogen) atoms. The monoisotopic (exact) mass is 390 g/mol. The number of rotatable bonds is 4. The van der Waals surface area contributed by atoms with Crippen LogP contribution in [-0.4, -0.2) is 24.8 Å². The number of carbonyl (C=O) groups excluding carboxylic acids is 1. The predicted octanol–water partition coefficient (Wildman–Crippen LogP) is 4.75. The molecule has 0 aliphatic heterocycles. The lowest BCUT2D eigenvalue weighted by atomic mass is 10.1. The van der Waals surface area contributed by atoms with E-state index in [-0.39, 0.29) is 12.4 Å². The van der Waals surface area contributed by atoms with Gasteiger partial charge in [0.2, 0.25) is 0 Å².